The molecule has 2 aromatic carbocycles. The molecule has 2 heterocycles. The summed E-state index contributed by atoms with van der Waals surface area (Å²) in [6.45, 7) is 1.29. The van der Waals surface area contributed by atoms with E-state index in [1.807, 2.05) is 6.07 Å². The molecule has 2 N–H and O–H groups in total. The Balaban J connectivity index is 1.76. The SMILES string of the molecule is CC(=O)c1ccc2c(c1NC(=O)c1coc3ccccc13)OCC(O)O2. The van der Waals surface area contributed by atoms with Crippen molar-refractivity contribution in [3.63, 3.8) is 0 Å². The number of carbonyl (C=O) groups excluding carboxylic acids is 2. The van der Waals surface area contributed by atoms with E-state index in [9.17, 15) is 14.7 Å². The van der Waals surface area contributed by atoms with Gasteiger partial charge in [-0.25, -0.2) is 0 Å². The Morgan fingerprint density at radius 2 is 1.96 bits per heavy atom. The maximum Gasteiger partial charge on any atom is 0.259 e. The Kier molecular flexibility index (Phi) is 3.85. The Morgan fingerprint density at radius 3 is 2.77 bits per heavy atom. The topological polar surface area (TPSA) is 98.0 Å². The standard InChI is InChI=1S/C19H15NO6/c1-10(21)11-6-7-15-18(25-9-16(22)26-15)17(11)20-19(23)13-8-24-14-5-3-2-4-12(13)14/h2-8,16,22H,9H2,1H3,(H,20,23). The van der Waals surface area contributed by atoms with Gasteiger partial charge in [-0.1, -0.05) is 18.2 Å². The Bertz CT molecular complexity index is 1020. The van der Waals surface area contributed by atoms with Crippen LogP contribution in [0.25, 0.3) is 11.0 Å². The van der Waals surface area contributed by atoms with Crippen molar-refractivity contribution in [2.75, 3.05) is 11.9 Å². The fourth-order valence-electron chi connectivity index (χ4n) is 2.89. The molecule has 1 aliphatic rings. The van der Waals surface area contributed by atoms with Gasteiger partial charge in [0.15, 0.2) is 23.9 Å². The van der Waals surface area contributed by atoms with Crippen molar-refractivity contribution in [1.82, 2.24) is 0 Å². The molecule has 0 fully saturated rings. The summed E-state index contributed by atoms with van der Waals surface area (Å²) in [5, 5.41) is 12.9. The molecular formula is C19H15NO6. The molecule has 0 aliphatic carbocycles. The van der Waals surface area contributed by atoms with Gasteiger partial charge in [0.05, 0.1) is 11.3 Å². The number of ketones is 1. The lowest BCUT2D eigenvalue weighted by Crippen LogP contribution is -2.29. The van der Waals surface area contributed by atoms with Crippen molar-refractivity contribution in [1.29, 1.82) is 0 Å². The smallest absolute Gasteiger partial charge is 0.259 e. The third-order valence-corrected chi connectivity index (χ3v) is 4.10. The minimum atomic E-state index is -1.10. The summed E-state index contributed by atoms with van der Waals surface area (Å²) in [5.41, 5.74) is 1.41. The highest BCUT2D eigenvalue weighted by molar-refractivity contribution is 6.15. The number of rotatable bonds is 3. The Labute approximate surface area is 148 Å². The molecule has 1 aromatic heterocycles. The first-order valence-electron chi connectivity index (χ1n) is 7.97. The van der Waals surface area contributed by atoms with Crippen molar-refractivity contribution < 1.29 is 28.6 Å². The van der Waals surface area contributed by atoms with E-state index >= 15 is 0 Å². The van der Waals surface area contributed by atoms with Crippen LogP contribution in [-0.2, 0) is 0 Å². The van der Waals surface area contributed by atoms with Crippen LogP contribution in [0.3, 0.4) is 0 Å². The maximum absolute atomic E-state index is 12.8. The molecule has 3 aromatic rings. The van der Waals surface area contributed by atoms with Crippen LogP contribution < -0.4 is 14.8 Å². The predicted octanol–water partition coefficient (Wildman–Crippen LogP) is 2.98. The molecule has 26 heavy (non-hydrogen) atoms. The molecule has 132 valence electrons. The first-order valence-corrected chi connectivity index (χ1v) is 7.97. The highest BCUT2D eigenvalue weighted by atomic mass is 16.7. The first-order chi connectivity index (χ1) is 12.5. The number of fused-ring (bicyclic) bond motifs is 2. The molecule has 4 rings (SSSR count). The summed E-state index contributed by atoms with van der Waals surface area (Å²) in [4.78, 5) is 24.8. The predicted molar refractivity (Wildman–Crippen MR) is 92.7 cm³/mol. The van der Waals surface area contributed by atoms with E-state index in [1.165, 1.54) is 25.3 Å². The number of ether oxygens (including phenoxy) is 2. The number of carbonyl (C=O) groups is 2. The van der Waals surface area contributed by atoms with Crippen LogP contribution in [0.1, 0.15) is 27.6 Å². The fraction of sp³-hybridized carbons (Fsp3) is 0.158. The summed E-state index contributed by atoms with van der Waals surface area (Å²) in [5.74, 6) is -0.222. The van der Waals surface area contributed by atoms with Crippen molar-refractivity contribution >= 4 is 28.3 Å². The number of amides is 1. The second-order valence-electron chi connectivity index (χ2n) is 5.85. The molecule has 0 saturated carbocycles. The summed E-state index contributed by atoms with van der Waals surface area (Å²) in [6, 6.07) is 10.2. The van der Waals surface area contributed by atoms with Crippen molar-refractivity contribution in [3.05, 3.63) is 53.8 Å². The third kappa shape index (κ3) is 2.68. The molecule has 7 heteroatoms. The van der Waals surface area contributed by atoms with Crippen LogP contribution in [0.15, 0.2) is 47.1 Å². The molecule has 0 spiro atoms. The number of aliphatic hydroxyl groups is 1. The molecule has 1 unspecified atom stereocenters. The number of anilines is 1. The largest absolute Gasteiger partial charge is 0.481 e. The van der Waals surface area contributed by atoms with Crippen LogP contribution in [0.2, 0.25) is 0 Å². The quantitative estimate of drug-likeness (QED) is 0.703. The van der Waals surface area contributed by atoms with E-state index < -0.39 is 12.2 Å². The van der Waals surface area contributed by atoms with E-state index in [0.717, 1.165) is 0 Å². The minimum Gasteiger partial charge on any atom is -0.481 e. The van der Waals surface area contributed by atoms with Gasteiger partial charge in [-0.2, -0.15) is 0 Å². The van der Waals surface area contributed by atoms with Gasteiger partial charge >= 0.3 is 0 Å². The fourth-order valence-corrected chi connectivity index (χ4v) is 2.89. The second kappa shape index (κ2) is 6.20. The monoisotopic (exact) mass is 353 g/mol. The van der Waals surface area contributed by atoms with Gasteiger partial charge in [-0.15, -0.1) is 0 Å². The van der Waals surface area contributed by atoms with E-state index in [4.69, 9.17) is 13.9 Å². The minimum absolute atomic E-state index is 0.105. The normalized spacial score (nSPS) is 15.7. The zero-order chi connectivity index (χ0) is 18.3. The lowest BCUT2D eigenvalue weighted by atomic mass is 10.1. The summed E-state index contributed by atoms with van der Waals surface area (Å²) in [6.07, 6.45) is 0.260. The number of nitrogens with one attached hydrogen (secondary N) is 1. The van der Waals surface area contributed by atoms with Gasteiger partial charge < -0.3 is 24.3 Å². The number of furan rings is 1. The number of Topliss-reactive ketones (excluding diaryl/α,β-unsaturated/α-hetero) is 1. The van der Waals surface area contributed by atoms with Crippen LogP contribution in [0, 0.1) is 0 Å². The lowest BCUT2D eigenvalue weighted by Gasteiger charge is -2.25. The van der Waals surface area contributed by atoms with Crippen LogP contribution in [-0.4, -0.2) is 29.7 Å². The number of hydrogen-bond acceptors (Lipinski definition) is 6. The first kappa shape index (κ1) is 16.2. The highest BCUT2D eigenvalue weighted by Crippen LogP contribution is 2.41. The van der Waals surface area contributed by atoms with E-state index in [1.54, 1.807) is 18.2 Å². The van der Waals surface area contributed by atoms with Gasteiger partial charge in [0.2, 0.25) is 6.29 Å². The van der Waals surface area contributed by atoms with Gasteiger partial charge in [0.25, 0.3) is 5.91 Å². The number of benzene rings is 2. The summed E-state index contributed by atoms with van der Waals surface area (Å²) in [7, 11) is 0. The zero-order valence-corrected chi connectivity index (χ0v) is 13.8. The van der Waals surface area contributed by atoms with Crippen LogP contribution in [0.5, 0.6) is 11.5 Å². The summed E-state index contributed by atoms with van der Waals surface area (Å²) >= 11 is 0. The third-order valence-electron chi connectivity index (χ3n) is 4.10. The van der Waals surface area contributed by atoms with E-state index in [2.05, 4.69) is 5.32 Å². The Hall–Kier alpha value is -3.32. The van der Waals surface area contributed by atoms with Gasteiger partial charge in [-0.3, -0.25) is 9.59 Å². The van der Waals surface area contributed by atoms with E-state index in [0.29, 0.717) is 16.5 Å². The molecule has 0 radical (unpaired) electrons. The van der Waals surface area contributed by atoms with Crippen molar-refractivity contribution in [2.45, 2.75) is 13.2 Å². The average Bonchev–Trinajstić information content (AvgIpc) is 3.05. The molecule has 1 amide bonds. The van der Waals surface area contributed by atoms with Gasteiger partial charge in [0, 0.05) is 10.9 Å². The van der Waals surface area contributed by atoms with Crippen molar-refractivity contribution in [3.8, 4) is 11.5 Å². The Morgan fingerprint density at radius 1 is 1.15 bits per heavy atom. The lowest BCUT2D eigenvalue weighted by molar-refractivity contribution is -0.0666. The highest BCUT2D eigenvalue weighted by Gasteiger charge is 2.27. The molecule has 0 bridgehead atoms. The zero-order valence-electron chi connectivity index (χ0n) is 13.8. The maximum atomic E-state index is 12.8. The summed E-state index contributed by atoms with van der Waals surface area (Å²) < 4.78 is 16.2. The van der Waals surface area contributed by atoms with Gasteiger partial charge in [-0.05, 0) is 25.1 Å². The average molecular weight is 353 g/mol. The number of aliphatic hydroxyl groups excluding tert-OH is 1. The van der Waals surface area contributed by atoms with Gasteiger partial charge in [0.1, 0.15) is 11.8 Å². The molecular weight excluding hydrogens is 338 g/mol. The van der Waals surface area contributed by atoms with Crippen molar-refractivity contribution in [2.24, 2.45) is 0 Å². The second-order valence-corrected chi connectivity index (χ2v) is 5.85. The molecule has 1 atom stereocenters. The van der Waals surface area contributed by atoms with E-state index in [-0.39, 0.29) is 35.1 Å². The molecule has 7 nitrogen and oxygen atoms in total. The molecule has 1 aliphatic heterocycles. The van der Waals surface area contributed by atoms with Crippen LogP contribution >= 0.6 is 0 Å². The number of para-hydroxylation sites is 1. The van der Waals surface area contributed by atoms with Crippen LogP contribution in [0.4, 0.5) is 5.69 Å². The molecule has 0 saturated heterocycles. The number of hydrogen-bond donors (Lipinski definition) is 2.